The number of nitrogens with zero attached hydrogens (tertiary/aromatic N) is 1. The van der Waals surface area contributed by atoms with Crippen LogP contribution in [-0.4, -0.2) is 17.6 Å². The van der Waals surface area contributed by atoms with E-state index in [0.717, 1.165) is 5.56 Å². The molecule has 2 N–H and O–H groups in total. The van der Waals surface area contributed by atoms with Gasteiger partial charge >= 0.3 is 0 Å². The van der Waals surface area contributed by atoms with Gasteiger partial charge < -0.3 is 15.2 Å². The minimum absolute atomic E-state index is 0.0169. The van der Waals surface area contributed by atoms with E-state index in [1.54, 1.807) is 12.1 Å². The number of rotatable bonds is 6. The summed E-state index contributed by atoms with van der Waals surface area (Å²) in [5.41, 5.74) is 1.54. The minimum atomic E-state index is -0.454. The van der Waals surface area contributed by atoms with E-state index in [2.05, 4.69) is 5.32 Å². The van der Waals surface area contributed by atoms with Crippen LogP contribution in [0.1, 0.15) is 31.0 Å². The van der Waals surface area contributed by atoms with Crippen LogP contribution in [0.25, 0.3) is 6.08 Å². The highest BCUT2D eigenvalue weighted by Gasteiger charge is 2.15. The van der Waals surface area contributed by atoms with E-state index in [9.17, 15) is 15.2 Å². The molecule has 1 amide bonds. The van der Waals surface area contributed by atoms with Crippen molar-refractivity contribution >= 4 is 34.6 Å². The van der Waals surface area contributed by atoms with Crippen LogP contribution in [-0.2, 0) is 4.79 Å². The lowest BCUT2D eigenvalue weighted by Gasteiger charge is -2.14. The van der Waals surface area contributed by atoms with Gasteiger partial charge in [0.2, 0.25) is 0 Å². The number of phenolic OH excluding ortho intramolecular Hbond substituents is 1. The molecule has 0 saturated carbocycles. The van der Waals surface area contributed by atoms with Crippen molar-refractivity contribution in [3.8, 4) is 17.6 Å². The fourth-order valence-corrected chi connectivity index (χ4v) is 2.98. The molecule has 1 atom stereocenters. The van der Waals surface area contributed by atoms with E-state index in [0.29, 0.717) is 21.5 Å². The Bertz CT molecular complexity index is 857. The van der Waals surface area contributed by atoms with Gasteiger partial charge in [0.05, 0.1) is 16.2 Å². The molecule has 0 radical (unpaired) electrons. The predicted molar refractivity (Wildman–Crippen MR) is 109 cm³/mol. The van der Waals surface area contributed by atoms with Crippen LogP contribution in [0.15, 0.2) is 48.0 Å². The van der Waals surface area contributed by atoms with Crippen molar-refractivity contribution in [2.45, 2.75) is 19.9 Å². The maximum absolute atomic E-state index is 12.4. The molecule has 134 valence electrons. The molecule has 0 aliphatic carbocycles. The Morgan fingerprint density at radius 3 is 2.69 bits per heavy atom. The third-order valence-corrected chi connectivity index (χ3v) is 4.50. The van der Waals surface area contributed by atoms with Crippen molar-refractivity contribution in [1.29, 1.82) is 5.26 Å². The average Bonchev–Trinajstić information content (AvgIpc) is 2.64. The zero-order valence-corrected chi connectivity index (χ0v) is 16.6. The number of phenols is 1. The highest BCUT2D eigenvalue weighted by atomic mass is 127. The molecule has 0 aromatic heterocycles. The van der Waals surface area contributed by atoms with Crippen LogP contribution in [0.5, 0.6) is 11.5 Å². The van der Waals surface area contributed by atoms with E-state index in [-0.39, 0.29) is 17.4 Å². The van der Waals surface area contributed by atoms with E-state index < -0.39 is 5.91 Å². The number of halogens is 1. The number of ether oxygens (including phenoxy) is 1. The second-order valence-corrected chi connectivity index (χ2v) is 6.72. The molecule has 0 saturated heterocycles. The Labute approximate surface area is 166 Å². The Morgan fingerprint density at radius 1 is 1.38 bits per heavy atom. The molecule has 0 bridgehead atoms. The molecule has 2 aromatic rings. The Kier molecular flexibility index (Phi) is 7.04. The first-order valence-electron chi connectivity index (χ1n) is 8.09. The number of amides is 1. The quantitative estimate of drug-likeness (QED) is 0.384. The Hall–Kier alpha value is -2.53. The van der Waals surface area contributed by atoms with Crippen molar-refractivity contribution in [2.75, 3.05) is 6.61 Å². The first-order chi connectivity index (χ1) is 12.5. The van der Waals surface area contributed by atoms with E-state index in [4.69, 9.17) is 4.74 Å². The molecule has 0 spiro atoms. The Morgan fingerprint density at radius 2 is 2.08 bits per heavy atom. The van der Waals surface area contributed by atoms with Crippen molar-refractivity contribution in [3.05, 3.63) is 62.7 Å². The number of benzene rings is 2. The molecule has 0 aliphatic heterocycles. The molecule has 0 heterocycles. The van der Waals surface area contributed by atoms with Gasteiger partial charge in [0.25, 0.3) is 5.91 Å². The fourth-order valence-electron chi connectivity index (χ4n) is 2.36. The lowest BCUT2D eigenvalue weighted by Crippen LogP contribution is -2.27. The summed E-state index contributed by atoms with van der Waals surface area (Å²) in [5, 5.41) is 22.2. The van der Waals surface area contributed by atoms with E-state index >= 15 is 0 Å². The standard InChI is InChI=1S/C20H19IN2O3/c1-3-26-18-11-14(10-17(21)19(18)24)9-16(12-22)20(25)23-13(2)15-7-5-4-6-8-15/h4-11,13,24H,3H2,1-2H3,(H,23,25)/b16-9+/t13-/m1/s1. The van der Waals surface area contributed by atoms with Gasteiger partial charge in [-0.15, -0.1) is 0 Å². The maximum Gasteiger partial charge on any atom is 0.262 e. The number of nitriles is 1. The number of nitrogens with one attached hydrogen (secondary N) is 1. The third-order valence-electron chi connectivity index (χ3n) is 3.67. The van der Waals surface area contributed by atoms with Crippen LogP contribution < -0.4 is 10.1 Å². The molecule has 26 heavy (non-hydrogen) atoms. The molecular formula is C20H19IN2O3. The predicted octanol–water partition coefficient (Wildman–Crippen LogP) is 4.18. The number of hydrogen-bond acceptors (Lipinski definition) is 4. The SMILES string of the molecule is CCOc1cc(/C=C(\C#N)C(=O)N[C@H](C)c2ccccc2)cc(I)c1O. The summed E-state index contributed by atoms with van der Waals surface area (Å²) in [6.07, 6.45) is 1.48. The summed E-state index contributed by atoms with van der Waals surface area (Å²) in [6, 6.07) is 14.5. The van der Waals surface area contributed by atoms with Crippen molar-refractivity contribution in [3.63, 3.8) is 0 Å². The summed E-state index contributed by atoms with van der Waals surface area (Å²) in [6.45, 7) is 4.07. The van der Waals surface area contributed by atoms with Gasteiger partial charge in [0.15, 0.2) is 11.5 Å². The van der Waals surface area contributed by atoms with E-state index in [1.807, 2.05) is 72.8 Å². The van der Waals surface area contributed by atoms with Crippen LogP contribution >= 0.6 is 22.6 Å². The lowest BCUT2D eigenvalue weighted by atomic mass is 10.1. The van der Waals surface area contributed by atoms with Crippen LogP contribution in [0, 0.1) is 14.9 Å². The molecule has 5 nitrogen and oxygen atoms in total. The van der Waals surface area contributed by atoms with Gasteiger partial charge in [-0.2, -0.15) is 5.26 Å². The lowest BCUT2D eigenvalue weighted by molar-refractivity contribution is -0.117. The van der Waals surface area contributed by atoms with Gasteiger partial charge in [-0.25, -0.2) is 0 Å². The molecule has 0 unspecified atom stereocenters. The van der Waals surface area contributed by atoms with Gasteiger partial charge in [-0.05, 0) is 65.8 Å². The number of hydrogen-bond donors (Lipinski definition) is 2. The van der Waals surface area contributed by atoms with E-state index in [1.165, 1.54) is 6.08 Å². The van der Waals surface area contributed by atoms with Gasteiger partial charge in [0, 0.05) is 0 Å². The molecule has 2 aromatic carbocycles. The normalized spacial score (nSPS) is 12.2. The first-order valence-corrected chi connectivity index (χ1v) is 9.17. The Balaban J connectivity index is 2.24. The molecule has 6 heteroatoms. The average molecular weight is 462 g/mol. The van der Waals surface area contributed by atoms with Crippen molar-refractivity contribution in [2.24, 2.45) is 0 Å². The fraction of sp³-hybridized carbons (Fsp3) is 0.200. The largest absolute Gasteiger partial charge is 0.504 e. The molecule has 0 fully saturated rings. The summed E-state index contributed by atoms with van der Waals surface area (Å²) in [7, 11) is 0. The number of carbonyl (C=O) groups excluding carboxylic acids is 1. The number of aromatic hydroxyl groups is 1. The van der Waals surface area contributed by atoms with Crippen LogP contribution in [0.4, 0.5) is 0 Å². The van der Waals surface area contributed by atoms with Crippen molar-refractivity contribution < 1.29 is 14.6 Å². The second kappa shape index (κ2) is 9.25. The van der Waals surface area contributed by atoms with Gasteiger partial charge in [0.1, 0.15) is 11.6 Å². The van der Waals surface area contributed by atoms with Crippen LogP contribution in [0.2, 0.25) is 0 Å². The highest BCUT2D eigenvalue weighted by Crippen LogP contribution is 2.33. The maximum atomic E-state index is 12.4. The second-order valence-electron chi connectivity index (χ2n) is 5.56. The monoisotopic (exact) mass is 462 g/mol. The summed E-state index contributed by atoms with van der Waals surface area (Å²) in [4.78, 5) is 12.4. The van der Waals surface area contributed by atoms with Gasteiger partial charge in [-0.1, -0.05) is 30.3 Å². The van der Waals surface area contributed by atoms with Gasteiger partial charge in [-0.3, -0.25) is 4.79 Å². The number of carbonyl (C=O) groups is 1. The third kappa shape index (κ3) is 4.99. The zero-order chi connectivity index (χ0) is 19.1. The van der Waals surface area contributed by atoms with Crippen LogP contribution in [0.3, 0.4) is 0 Å². The summed E-state index contributed by atoms with van der Waals surface area (Å²) in [5.74, 6) is -0.0869. The molecular weight excluding hydrogens is 443 g/mol. The molecule has 0 aliphatic rings. The minimum Gasteiger partial charge on any atom is -0.504 e. The first kappa shape index (κ1) is 19.8. The topological polar surface area (TPSA) is 82.3 Å². The summed E-state index contributed by atoms with van der Waals surface area (Å²) >= 11 is 1.98. The summed E-state index contributed by atoms with van der Waals surface area (Å²) < 4.78 is 5.97. The van der Waals surface area contributed by atoms with Crippen molar-refractivity contribution in [1.82, 2.24) is 5.32 Å². The molecule has 2 rings (SSSR count). The highest BCUT2D eigenvalue weighted by molar-refractivity contribution is 14.1. The zero-order valence-electron chi connectivity index (χ0n) is 14.5. The smallest absolute Gasteiger partial charge is 0.262 e.